The van der Waals surface area contributed by atoms with Crippen LogP contribution in [0.1, 0.15) is 48.9 Å². The van der Waals surface area contributed by atoms with Gasteiger partial charge in [0.1, 0.15) is 0 Å². The molecule has 2 heteroatoms. The highest BCUT2D eigenvalue weighted by Crippen LogP contribution is 2.15. The molecule has 0 unspecified atom stereocenters. The van der Waals surface area contributed by atoms with Crippen molar-refractivity contribution in [2.75, 3.05) is 0 Å². The molecule has 0 atom stereocenters. The van der Waals surface area contributed by atoms with E-state index in [0.29, 0.717) is 5.56 Å². The van der Waals surface area contributed by atoms with E-state index in [2.05, 4.69) is 0 Å². The van der Waals surface area contributed by atoms with E-state index in [4.69, 9.17) is 5.73 Å². The van der Waals surface area contributed by atoms with Gasteiger partial charge in [-0.25, -0.2) is 0 Å². The van der Waals surface area contributed by atoms with E-state index in [1.807, 2.05) is 6.07 Å². The summed E-state index contributed by atoms with van der Waals surface area (Å²) in [4.78, 5) is 10.4. The van der Waals surface area contributed by atoms with Crippen molar-refractivity contribution in [2.45, 2.75) is 38.5 Å². The van der Waals surface area contributed by atoms with Crippen LogP contribution < -0.4 is 5.73 Å². The number of nitrogens with two attached hydrogens (primary N) is 1. The highest BCUT2D eigenvalue weighted by Gasteiger charge is 1.95. The number of rotatable bonds is 1. The molecule has 0 bridgehead atoms. The summed E-state index contributed by atoms with van der Waals surface area (Å²) >= 11 is 0. The quantitative estimate of drug-likeness (QED) is 0.752. The first-order chi connectivity index (χ1) is 7.30. The zero-order valence-corrected chi connectivity index (χ0v) is 9.11. The lowest BCUT2D eigenvalue weighted by Crippen LogP contribution is -2.09. The maximum atomic E-state index is 10.4. The average molecular weight is 205 g/mol. The summed E-state index contributed by atoms with van der Waals surface area (Å²) in [6, 6.07) is 8.76. The van der Waals surface area contributed by atoms with Crippen LogP contribution in [-0.4, -0.2) is 5.91 Å². The lowest BCUT2D eigenvalue weighted by molar-refractivity contribution is 0.100. The van der Waals surface area contributed by atoms with Gasteiger partial charge in [-0.3, -0.25) is 4.79 Å². The smallest absolute Gasteiger partial charge is 0.248 e. The van der Waals surface area contributed by atoms with E-state index in [9.17, 15) is 4.79 Å². The Morgan fingerprint density at radius 3 is 1.53 bits per heavy atom. The highest BCUT2D eigenvalue weighted by molar-refractivity contribution is 5.92. The summed E-state index contributed by atoms with van der Waals surface area (Å²) < 4.78 is 0. The van der Waals surface area contributed by atoms with Crippen molar-refractivity contribution in [3.8, 4) is 0 Å². The molecule has 0 radical (unpaired) electrons. The summed E-state index contributed by atoms with van der Waals surface area (Å²) in [6.45, 7) is 0. The van der Waals surface area contributed by atoms with Crippen molar-refractivity contribution in [1.82, 2.24) is 0 Å². The van der Waals surface area contributed by atoms with E-state index in [1.54, 1.807) is 24.3 Å². The molecule has 15 heavy (non-hydrogen) atoms. The summed E-state index contributed by atoms with van der Waals surface area (Å²) in [5.74, 6) is -0.379. The van der Waals surface area contributed by atoms with Crippen LogP contribution >= 0.6 is 0 Å². The molecule has 1 aliphatic carbocycles. The van der Waals surface area contributed by atoms with Crippen LogP contribution in [0, 0.1) is 0 Å². The van der Waals surface area contributed by atoms with Gasteiger partial charge in [0, 0.05) is 5.56 Å². The zero-order valence-electron chi connectivity index (χ0n) is 9.11. The molecule has 1 fully saturated rings. The van der Waals surface area contributed by atoms with Gasteiger partial charge in [0.05, 0.1) is 0 Å². The predicted molar refractivity (Wildman–Crippen MR) is 62.7 cm³/mol. The monoisotopic (exact) mass is 205 g/mol. The Labute approximate surface area is 91.5 Å². The summed E-state index contributed by atoms with van der Waals surface area (Å²) in [5.41, 5.74) is 5.53. The lowest BCUT2D eigenvalue weighted by Gasteiger charge is -2.05. The van der Waals surface area contributed by atoms with Crippen molar-refractivity contribution in [1.29, 1.82) is 0 Å². The van der Waals surface area contributed by atoms with Crippen molar-refractivity contribution in [3.63, 3.8) is 0 Å². The first-order valence-electron chi connectivity index (χ1n) is 5.65. The molecule has 1 aromatic carbocycles. The molecule has 1 aromatic rings. The number of amides is 1. The Morgan fingerprint density at radius 1 is 0.867 bits per heavy atom. The maximum absolute atomic E-state index is 10.4. The Balaban J connectivity index is 0.000000162. The van der Waals surface area contributed by atoms with Crippen molar-refractivity contribution >= 4 is 5.91 Å². The third kappa shape index (κ3) is 5.21. The van der Waals surface area contributed by atoms with Crippen molar-refractivity contribution in [2.24, 2.45) is 5.73 Å². The fourth-order valence-electron chi connectivity index (χ4n) is 1.66. The number of benzene rings is 1. The standard InChI is InChI=1S/C7H7NO.C6H12/c8-7(9)6-4-2-1-3-5-6;1-2-4-6-5-3-1/h1-5H,(H2,8,9);1-6H2. The minimum atomic E-state index is -0.379. The van der Waals surface area contributed by atoms with Gasteiger partial charge in [-0.2, -0.15) is 0 Å². The molecule has 2 rings (SSSR count). The summed E-state index contributed by atoms with van der Waals surface area (Å²) in [6.07, 6.45) is 9.00. The Hall–Kier alpha value is -1.31. The van der Waals surface area contributed by atoms with Crippen molar-refractivity contribution < 1.29 is 4.79 Å². The van der Waals surface area contributed by atoms with Gasteiger partial charge >= 0.3 is 0 Å². The predicted octanol–water partition coefficient (Wildman–Crippen LogP) is 3.13. The molecule has 0 aliphatic heterocycles. The molecular formula is C13H19NO. The lowest BCUT2D eigenvalue weighted by atomic mass is 10.0. The van der Waals surface area contributed by atoms with Gasteiger partial charge in [0.15, 0.2) is 0 Å². The number of hydrogen-bond donors (Lipinski definition) is 1. The molecular weight excluding hydrogens is 186 g/mol. The average Bonchev–Trinajstić information content (AvgIpc) is 2.33. The topological polar surface area (TPSA) is 43.1 Å². The van der Waals surface area contributed by atoms with Crippen LogP contribution in [0.4, 0.5) is 0 Å². The van der Waals surface area contributed by atoms with Crippen LogP contribution in [0.3, 0.4) is 0 Å². The molecule has 2 nitrogen and oxygen atoms in total. The minimum Gasteiger partial charge on any atom is -0.366 e. The van der Waals surface area contributed by atoms with Crippen molar-refractivity contribution in [3.05, 3.63) is 35.9 Å². The molecule has 82 valence electrons. The van der Waals surface area contributed by atoms with Gasteiger partial charge in [-0.15, -0.1) is 0 Å². The molecule has 0 spiro atoms. The molecule has 1 aliphatic rings. The van der Waals surface area contributed by atoms with E-state index in [0.717, 1.165) is 0 Å². The van der Waals surface area contributed by atoms with Gasteiger partial charge in [-0.1, -0.05) is 56.7 Å². The molecule has 0 heterocycles. The summed E-state index contributed by atoms with van der Waals surface area (Å²) in [5, 5.41) is 0. The van der Waals surface area contributed by atoms with Gasteiger partial charge in [-0.05, 0) is 12.1 Å². The fourth-order valence-corrected chi connectivity index (χ4v) is 1.66. The third-order valence-corrected chi connectivity index (χ3v) is 2.56. The van der Waals surface area contributed by atoms with E-state index < -0.39 is 0 Å². The SMILES string of the molecule is C1CCCCC1.NC(=O)c1ccccc1. The van der Waals surface area contributed by atoms with Crippen LogP contribution in [0.25, 0.3) is 0 Å². The molecule has 2 N–H and O–H groups in total. The largest absolute Gasteiger partial charge is 0.366 e. The molecule has 1 amide bonds. The second-order valence-electron chi connectivity index (χ2n) is 3.85. The highest BCUT2D eigenvalue weighted by atomic mass is 16.1. The van der Waals surface area contributed by atoms with E-state index in [-0.39, 0.29) is 5.91 Å². The number of primary amides is 1. The number of carbonyl (C=O) groups is 1. The zero-order chi connectivity index (χ0) is 10.9. The second kappa shape index (κ2) is 7.04. The van der Waals surface area contributed by atoms with E-state index >= 15 is 0 Å². The third-order valence-electron chi connectivity index (χ3n) is 2.56. The second-order valence-corrected chi connectivity index (χ2v) is 3.85. The van der Waals surface area contributed by atoms with Crippen LogP contribution in [0.5, 0.6) is 0 Å². The fraction of sp³-hybridized carbons (Fsp3) is 0.462. The first kappa shape index (κ1) is 11.8. The molecule has 1 saturated carbocycles. The minimum absolute atomic E-state index is 0.379. The van der Waals surface area contributed by atoms with E-state index in [1.165, 1.54) is 38.5 Å². The van der Waals surface area contributed by atoms with Gasteiger partial charge in [0.25, 0.3) is 0 Å². The van der Waals surface area contributed by atoms with Crippen LogP contribution in [0.2, 0.25) is 0 Å². The Bertz CT molecular complexity index is 266. The molecule has 0 aromatic heterocycles. The summed E-state index contributed by atoms with van der Waals surface area (Å²) in [7, 11) is 0. The Kier molecular flexibility index (Phi) is 5.52. The Morgan fingerprint density at radius 2 is 1.27 bits per heavy atom. The number of carbonyl (C=O) groups excluding carboxylic acids is 1. The van der Waals surface area contributed by atoms with Crippen LogP contribution in [-0.2, 0) is 0 Å². The normalized spacial score (nSPS) is 14.9. The maximum Gasteiger partial charge on any atom is 0.248 e. The first-order valence-corrected chi connectivity index (χ1v) is 5.65. The van der Waals surface area contributed by atoms with Crippen LogP contribution in [0.15, 0.2) is 30.3 Å². The van der Waals surface area contributed by atoms with Gasteiger partial charge in [0.2, 0.25) is 5.91 Å². The molecule has 0 saturated heterocycles. The van der Waals surface area contributed by atoms with Gasteiger partial charge < -0.3 is 5.73 Å². The number of hydrogen-bond acceptors (Lipinski definition) is 1.